The first kappa shape index (κ1) is 18.1. The Hall–Kier alpha value is -1.28. The SMILES string of the molecule is CCOc1ccc(S(=O)(=O)N(C)C)cc1NCc1ccc(Cl)s1. The number of hydrogen-bond acceptors (Lipinski definition) is 5. The van der Waals surface area contributed by atoms with E-state index in [4.69, 9.17) is 16.3 Å². The van der Waals surface area contributed by atoms with E-state index >= 15 is 0 Å². The molecule has 0 radical (unpaired) electrons. The summed E-state index contributed by atoms with van der Waals surface area (Å²) in [5.41, 5.74) is 0.638. The van der Waals surface area contributed by atoms with Gasteiger partial charge in [-0.3, -0.25) is 0 Å². The van der Waals surface area contributed by atoms with Crippen molar-refractivity contribution in [1.29, 1.82) is 0 Å². The van der Waals surface area contributed by atoms with Crippen LogP contribution in [-0.4, -0.2) is 33.4 Å². The summed E-state index contributed by atoms with van der Waals surface area (Å²) >= 11 is 7.40. The van der Waals surface area contributed by atoms with Crippen LogP contribution in [0, 0.1) is 0 Å². The monoisotopic (exact) mass is 374 g/mol. The number of nitrogens with one attached hydrogen (secondary N) is 1. The zero-order valence-electron chi connectivity index (χ0n) is 13.2. The summed E-state index contributed by atoms with van der Waals surface area (Å²) in [5.74, 6) is 0.618. The standard InChI is InChI=1S/C15H19ClN2O3S2/c1-4-21-14-7-6-12(23(19,20)18(2)3)9-13(14)17-10-11-5-8-15(16)22-11/h5-9,17H,4,10H2,1-3H3. The van der Waals surface area contributed by atoms with Crippen LogP contribution in [0.3, 0.4) is 0 Å². The van der Waals surface area contributed by atoms with Crippen LogP contribution >= 0.6 is 22.9 Å². The van der Waals surface area contributed by atoms with Crippen molar-refractivity contribution in [3.8, 4) is 5.75 Å². The van der Waals surface area contributed by atoms with E-state index in [2.05, 4.69) is 5.32 Å². The summed E-state index contributed by atoms with van der Waals surface area (Å²) in [6.45, 7) is 2.93. The molecule has 1 aromatic heterocycles. The molecule has 0 saturated heterocycles. The molecule has 1 aromatic carbocycles. The van der Waals surface area contributed by atoms with Crippen LogP contribution in [0.15, 0.2) is 35.2 Å². The molecule has 0 aliphatic heterocycles. The Morgan fingerprint density at radius 1 is 1.26 bits per heavy atom. The number of sulfonamides is 1. The van der Waals surface area contributed by atoms with Crippen molar-refractivity contribution in [2.45, 2.75) is 18.4 Å². The van der Waals surface area contributed by atoms with Crippen LogP contribution in [0.4, 0.5) is 5.69 Å². The van der Waals surface area contributed by atoms with Gasteiger partial charge in [0, 0.05) is 25.5 Å². The third-order valence-electron chi connectivity index (χ3n) is 3.11. The van der Waals surface area contributed by atoms with Crippen LogP contribution in [0.25, 0.3) is 0 Å². The molecule has 5 nitrogen and oxygen atoms in total. The van der Waals surface area contributed by atoms with Crippen molar-refractivity contribution in [2.75, 3.05) is 26.0 Å². The summed E-state index contributed by atoms with van der Waals surface area (Å²) in [6.07, 6.45) is 0. The summed E-state index contributed by atoms with van der Waals surface area (Å²) in [5, 5.41) is 3.22. The molecule has 23 heavy (non-hydrogen) atoms. The molecular weight excluding hydrogens is 356 g/mol. The normalized spacial score (nSPS) is 11.7. The number of halogens is 1. The number of anilines is 1. The van der Waals surface area contributed by atoms with Crippen LogP contribution in [0.2, 0.25) is 4.34 Å². The van der Waals surface area contributed by atoms with Crippen LogP contribution in [0.1, 0.15) is 11.8 Å². The van der Waals surface area contributed by atoms with E-state index in [9.17, 15) is 8.42 Å². The lowest BCUT2D eigenvalue weighted by molar-refractivity contribution is 0.341. The number of rotatable bonds is 7. The Morgan fingerprint density at radius 2 is 2.00 bits per heavy atom. The molecule has 0 unspecified atom stereocenters. The quantitative estimate of drug-likeness (QED) is 0.803. The second kappa shape index (κ2) is 7.53. The molecule has 0 aliphatic rings. The lowest BCUT2D eigenvalue weighted by Crippen LogP contribution is -2.22. The zero-order chi connectivity index (χ0) is 17.0. The predicted molar refractivity (Wildman–Crippen MR) is 95.1 cm³/mol. The molecule has 0 atom stereocenters. The molecule has 8 heteroatoms. The molecule has 1 heterocycles. The summed E-state index contributed by atoms with van der Waals surface area (Å²) in [4.78, 5) is 1.27. The number of nitrogens with zero attached hydrogens (tertiary/aromatic N) is 1. The van der Waals surface area contributed by atoms with Crippen molar-refractivity contribution < 1.29 is 13.2 Å². The van der Waals surface area contributed by atoms with Crippen molar-refractivity contribution >= 4 is 38.6 Å². The number of benzene rings is 1. The molecule has 0 saturated carbocycles. The van der Waals surface area contributed by atoms with Gasteiger partial charge in [-0.15, -0.1) is 11.3 Å². The molecule has 0 amide bonds. The maximum absolute atomic E-state index is 12.3. The summed E-state index contributed by atoms with van der Waals surface area (Å²) < 4.78 is 32.0. The van der Waals surface area contributed by atoms with Crippen molar-refractivity contribution in [1.82, 2.24) is 4.31 Å². The fourth-order valence-corrected chi connectivity index (χ4v) is 3.88. The van der Waals surface area contributed by atoms with Gasteiger partial charge in [0.1, 0.15) is 5.75 Å². The number of ether oxygens (including phenoxy) is 1. The first-order chi connectivity index (χ1) is 10.8. The van der Waals surface area contributed by atoms with Crippen LogP contribution in [-0.2, 0) is 16.6 Å². The fraction of sp³-hybridized carbons (Fsp3) is 0.333. The minimum Gasteiger partial charge on any atom is -0.492 e. The van der Waals surface area contributed by atoms with E-state index < -0.39 is 10.0 Å². The molecule has 0 aliphatic carbocycles. The highest BCUT2D eigenvalue weighted by Gasteiger charge is 2.19. The van der Waals surface area contributed by atoms with E-state index in [0.29, 0.717) is 24.6 Å². The second-order valence-corrected chi connectivity index (χ2v) is 8.89. The molecule has 1 N–H and O–H groups in total. The fourth-order valence-electron chi connectivity index (χ4n) is 1.93. The Kier molecular flexibility index (Phi) is 5.91. The van der Waals surface area contributed by atoms with Gasteiger partial charge in [0.2, 0.25) is 10.0 Å². The number of thiophene rings is 1. The summed E-state index contributed by atoms with van der Waals surface area (Å²) in [6, 6.07) is 8.58. The molecule has 2 rings (SSSR count). The topological polar surface area (TPSA) is 58.6 Å². The minimum absolute atomic E-state index is 0.220. The Bertz CT molecular complexity index is 773. The molecule has 126 valence electrons. The van der Waals surface area contributed by atoms with Crippen molar-refractivity contribution in [3.05, 3.63) is 39.5 Å². The van der Waals surface area contributed by atoms with Gasteiger partial charge in [-0.2, -0.15) is 0 Å². The molecule has 0 bridgehead atoms. The first-order valence-electron chi connectivity index (χ1n) is 7.02. The first-order valence-corrected chi connectivity index (χ1v) is 9.65. The average molecular weight is 375 g/mol. The minimum atomic E-state index is -3.49. The third kappa shape index (κ3) is 4.38. The smallest absolute Gasteiger partial charge is 0.242 e. The van der Waals surface area contributed by atoms with E-state index in [1.165, 1.54) is 29.7 Å². The van der Waals surface area contributed by atoms with Gasteiger partial charge in [0.05, 0.1) is 21.5 Å². The summed E-state index contributed by atoms with van der Waals surface area (Å²) in [7, 11) is -0.478. The van der Waals surface area contributed by atoms with E-state index in [1.54, 1.807) is 18.2 Å². The molecular formula is C15H19ClN2O3S2. The lowest BCUT2D eigenvalue weighted by atomic mass is 10.3. The number of hydrogen-bond donors (Lipinski definition) is 1. The van der Waals surface area contributed by atoms with Gasteiger partial charge in [-0.05, 0) is 37.3 Å². The highest BCUT2D eigenvalue weighted by Crippen LogP contribution is 2.30. The van der Waals surface area contributed by atoms with Gasteiger partial charge < -0.3 is 10.1 Å². The molecule has 2 aromatic rings. The van der Waals surface area contributed by atoms with Crippen LogP contribution < -0.4 is 10.1 Å². The van der Waals surface area contributed by atoms with Crippen molar-refractivity contribution in [3.63, 3.8) is 0 Å². The zero-order valence-corrected chi connectivity index (χ0v) is 15.6. The van der Waals surface area contributed by atoms with E-state index in [-0.39, 0.29) is 4.90 Å². The van der Waals surface area contributed by atoms with Gasteiger partial charge in [-0.25, -0.2) is 12.7 Å². The van der Waals surface area contributed by atoms with Gasteiger partial charge in [0.15, 0.2) is 0 Å². The highest BCUT2D eigenvalue weighted by molar-refractivity contribution is 7.89. The van der Waals surface area contributed by atoms with Crippen molar-refractivity contribution in [2.24, 2.45) is 0 Å². The van der Waals surface area contributed by atoms with Gasteiger partial charge >= 0.3 is 0 Å². The highest BCUT2D eigenvalue weighted by atomic mass is 35.5. The largest absolute Gasteiger partial charge is 0.492 e. The third-order valence-corrected chi connectivity index (χ3v) is 6.15. The Labute approximate surface area is 145 Å². The average Bonchev–Trinajstić information content (AvgIpc) is 2.91. The predicted octanol–water partition coefficient (Wildman–Crippen LogP) is 3.66. The lowest BCUT2D eigenvalue weighted by Gasteiger charge is -2.16. The van der Waals surface area contributed by atoms with Crippen LogP contribution in [0.5, 0.6) is 5.75 Å². The maximum atomic E-state index is 12.3. The maximum Gasteiger partial charge on any atom is 0.242 e. The van der Waals surface area contributed by atoms with E-state index in [0.717, 1.165) is 9.21 Å². The second-order valence-electron chi connectivity index (χ2n) is 4.94. The van der Waals surface area contributed by atoms with Gasteiger partial charge in [-0.1, -0.05) is 11.6 Å². The Morgan fingerprint density at radius 3 is 2.57 bits per heavy atom. The Balaban J connectivity index is 2.30. The van der Waals surface area contributed by atoms with E-state index in [1.807, 2.05) is 19.1 Å². The van der Waals surface area contributed by atoms with Gasteiger partial charge in [0.25, 0.3) is 0 Å². The molecule has 0 spiro atoms. The molecule has 0 fully saturated rings.